The molecule has 1 amide bonds. The fourth-order valence-corrected chi connectivity index (χ4v) is 4.01. The third kappa shape index (κ3) is 7.29. The highest BCUT2D eigenvalue weighted by molar-refractivity contribution is 7.14. The second kappa shape index (κ2) is 12.0. The number of rotatable bonds is 11. The van der Waals surface area contributed by atoms with Gasteiger partial charge >= 0.3 is 5.97 Å². The quantitative estimate of drug-likeness (QED) is 0.315. The number of thiazole rings is 1. The molecule has 1 atom stereocenters. The van der Waals surface area contributed by atoms with Crippen LogP contribution in [-0.2, 0) is 4.74 Å². The van der Waals surface area contributed by atoms with Crippen LogP contribution in [0.1, 0.15) is 52.4 Å². The number of pyridine rings is 1. The SMILES string of the molecule is CCOC(=O)c1cc(C(=O)N[C@@H](C)C=Cc2cnc(Oc3ccc(OCC4CC4)cc3Cl)s2)ccn1. The van der Waals surface area contributed by atoms with Crippen molar-refractivity contribution in [1.29, 1.82) is 0 Å². The molecule has 0 unspecified atom stereocenters. The number of ether oxygens (including phenoxy) is 3. The van der Waals surface area contributed by atoms with Crippen LogP contribution in [0.2, 0.25) is 5.02 Å². The largest absolute Gasteiger partial charge is 0.493 e. The van der Waals surface area contributed by atoms with E-state index < -0.39 is 5.97 Å². The molecule has 0 radical (unpaired) electrons. The number of carbonyl (C=O) groups is 2. The van der Waals surface area contributed by atoms with Crippen LogP contribution in [0.15, 0.2) is 48.8 Å². The molecule has 4 rings (SSSR count). The van der Waals surface area contributed by atoms with Gasteiger partial charge in [-0.1, -0.05) is 29.0 Å². The van der Waals surface area contributed by atoms with Crippen molar-refractivity contribution in [1.82, 2.24) is 15.3 Å². The van der Waals surface area contributed by atoms with Crippen molar-refractivity contribution in [2.45, 2.75) is 32.7 Å². The molecule has 0 aliphatic heterocycles. The van der Waals surface area contributed by atoms with E-state index in [-0.39, 0.29) is 24.2 Å². The molecule has 188 valence electrons. The number of esters is 1. The van der Waals surface area contributed by atoms with E-state index in [0.29, 0.717) is 27.4 Å². The smallest absolute Gasteiger partial charge is 0.356 e. The van der Waals surface area contributed by atoms with Gasteiger partial charge in [-0.05, 0) is 62.9 Å². The van der Waals surface area contributed by atoms with Crippen molar-refractivity contribution < 1.29 is 23.8 Å². The first kappa shape index (κ1) is 25.7. The number of hydrogen-bond donors (Lipinski definition) is 1. The molecule has 0 saturated heterocycles. The number of nitrogens with zero attached hydrogens (tertiary/aromatic N) is 2. The highest BCUT2D eigenvalue weighted by Crippen LogP contribution is 2.35. The van der Waals surface area contributed by atoms with E-state index in [9.17, 15) is 9.59 Å². The van der Waals surface area contributed by atoms with Crippen LogP contribution < -0.4 is 14.8 Å². The zero-order chi connectivity index (χ0) is 25.5. The van der Waals surface area contributed by atoms with Crippen molar-refractivity contribution in [3.63, 3.8) is 0 Å². The van der Waals surface area contributed by atoms with E-state index in [1.165, 1.54) is 42.5 Å². The predicted molar refractivity (Wildman–Crippen MR) is 138 cm³/mol. The van der Waals surface area contributed by atoms with Crippen molar-refractivity contribution in [2.24, 2.45) is 5.92 Å². The van der Waals surface area contributed by atoms with Gasteiger partial charge in [-0.2, -0.15) is 0 Å². The lowest BCUT2D eigenvalue weighted by molar-refractivity contribution is 0.0519. The number of carbonyl (C=O) groups excluding carboxylic acids is 2. The average Bonchev–Trinajstić information content (AvgIpc) is 3.60. The summed E-state index contributed by atoms with van der Waals surface area (Å²) in [4.78, 5) is 33.5. The summed E-state index contributed by atoms with van der Waals surface area (Å²) in [5, 5.41) is 3.76. The summed E-state index contributed by atoms with van der Waals surface area (Å²) in [6, 6.07) is 8.02. The van der Waals surface area contributed by atoms with Gasteiger partial charge in [0.1, 0.15) is 17.2 Å². The zero-order valence-electron chi connectivity index (χ0n) is 19.9. The highest BCUT2D eigenvalue weighted by atomic mass is 35.5. The summed E-state index contributed by atoms with van der Waals surface area (Å²) < 4.78 is 16.5. The van der Waals surface area contributed by atoms with Crippen LogP contribution in [0.4, 0.5) is 0 Å². The molecule has 2 aromatic heterocycles. The molecule has 0 bridgehead atoms. The monoisotopic (exact) mass is 527 g/mol. The van der Waals surface area contributed by atoms with Crippen molar-refractivity contribution in [2.75, 3.05) is 13.2 Å². The third-order valence-electron chi connectivity index (χ3n) is 5.20. The van der Waals surface area contributed by atoms with Gasteiger partial charge in [-0.3, -0.25) is 4.79 Å². The third-order valence-corrected chi connectivity index (χ3v) is 6.34. The molecule has 1 aliphatic carbocycles. The van der Waals surface area contributed by atoms with E-state index in [0.717, 1.165) is 17.2 Å². The molecule has 8 nitrogen and oxygen atoms in total. The van der Waals surface area contributed by atoms with Crippen molar-refractivity contribution >= 4 is 40.9 Å². The topological polar surface area (TPSA) is 99.6 Å². The predicted octanol–water partition coefficient (Wildman–Crippen LogP) is 5.78. The number of hydrogen-bond acceptors (Lipinski definition) is 8. The van der Waals surface area contributed by atoms with Gasteiger partial charge in [-0.25, -0.2) is 14.8 Å². The summed E-state index contributed by atoms with van der Waals surface area (Å²) in [5.74, 6) is 0.995. The van der Waals surface area contributed by atoms with Gasteiger partial charge in [0.25, 0.3) is 11.1 Å². The maximum Gasteiger partial charge on any atom is 0.356 e. The lowest BCUT2D eigenvalue weighted by Gasteiger charge is -2.10. The lowest BCUT2D eigenvalue weighted by Crippen LogP contribution is -2.31. The fraction of sp³-hybridized carbons (Fsp3) is 0.308. The Balaban J connectivity index is 1.30. The Bertz CT molecular complexity index is 1260. The summed E-state index contributed by atoms with van der Waals surface area (Å²) in [7, 11) is 0. The van der Waals surface area contributed by atoms with E-state index in [1.54, 1.807) is 25.3 Å². The molecule has 36 heavy (non-hydrogen) atoms. The lowest BCUT2D eigenvalue weighted by atomic mass is 10.2. The maximum atomic E-state index is 12.6. The van der Waals surface area contributed by atoms with E-state index in [1.807, 2.05) is 25.1 Å². The normalized spacial score (nSPS) is 13.9. The minimum absolute atomic E-state index is 0.0883. The summed E-state index contributed by atoms with van der Waals surface area (Å²) in [6.45, 7) is 4.50. The molecule has 10 heteroatoms. The van der Waals surface area contributed by atoms with Crippen LogP contribution in [-0.4, -0.2) is 41.1 Å². The Hall–Kier alpha value is -3.43. The number of aromatic nitrogens is 2. The Labute approximate surface area is 218 Å². The minimum atomic E-state index is -0.567. The Morgan fingerprint density at radius 1 is 1.25 bits per heavy atom. The molecule has 1 saturated carbocycles. The van der Waals surface area contributed by atoms with E-state index in [4.69, 9.17) is 25.8 Å². The molecule has 0 spiro atoms. The average molecular weight is 528 g/mol. The number of amides is 1. The van der Waals surface area contributed by atoms with Gasteiger partial charge in [0, 0.05) is 30.1 Å². The standard InChI is InChI=1S/C26H26ClN3O5S/c1-3-33-25(32)22-12-18(10-11-28-22)24(31)30-16(2)4-8-20-14-29-26(36-20)35-23-9-7-19(13-21(23)27)34-15-17-5-6-17/h4,7-14,16-17H,3,5-6,15H2,1-2H3,(H,30,31)/t16-/m0/s1. The van der Waals surface area contributed by atoms with Crippen LogP contribution in [0, 0.1) is 5.92 Å². The van der Waals surface area contributed by atoms with Gasteiger partial charge in [0.2, 0.25) is 0 Å². The number of nitrogens with one attached hydrogen (secondary N) is 1. The summed E-state index contributed by atoms with van der Waals surface area (Å²) in [6.07, 6.45) is 9.22. The van der Waals surface area contributed by atoms with Crippen LogP contribution >= 0.6 is 22.9 Å². The van der Waals surface area contributed by atoms with Crippen molar-refractivity contribution in [3.05, 3.63) is 70.0 Å². The van der Waals surface area contributed by atoms with Crippen molar-refractivity contribution in [3.8, 4) is 16.7 Å². The van der Waals surface area contributed by atoms with Gasteiger partial charge < -0.3 is 19.5 Å². The summed E-state index contributed by atoms with van der Waals surface area (Å²) >= 11 is 7.70. The Morgan fingerprint density at radius 2 is 2.08 bits per heavy atom. The minimum Gasteiger partial charge on any atom is -0.493 e. The fourth-order valence-electron chi connectivity index (χ4n) is 3.11. The number of halogens is 1. The Morgan fingerprint density at radius 3 is 2.83 bits per heavy atom. The first-order valence-electron chi connectivity index (χ1n) is 11.6. The molecule has 1 aromatic carbocycles. The molecular weight excluding hydrogens is 502 g/mol. The highest BCUT2D eigenvalue weighted by Gasteiger charge is 2.22. The van der Waals surface area contributed by atoms with E-state index in [2.05, 4.69) is 15.3 Å². The first-order chi connectivity index (χ1) is 17.4. The summed E-state index contributed by atoms with van der Waals surface area (Å²) in [5.41, 5.74) is 0.410. The zero-order valence-corrected chi connectivity index (χ0v) is 21.5. The van der Waals surface area contributed by atoms with Gasteiger partial charge in [0.15, 0.2) is 0 Å². The van der Waals surface area contributed by atoms with Gasteiger partial charge in [0.05, 0.1) is 23.1 Å². The molecule has 2 heterocycles. The molecule has 1 aliphatic rings. The molecule has 1 N–H and O–H groups in total. The first-order valence-corrected chi connectivity index (χ1v) is 12.8. The maximum absolute atomic E-state index is 12.6. The molecule has 3 aromatic rings. The Kier molecular flexibility index (Phi) is 8.56. The molecular formula is C26H26ClN3O5S. The van der Waals surface area contributed by atoms with Gasteiger partial charge in [-0.15, -0.1) is 0 Å². The molecule has 1 fully saturated rings. The van der Waals surface area contributed by atoms with E-state index >= 15 is 0 Å². The second-order valence-corrected chi connectivity index (χ2v) is 9.68. The van der Waals surface area contributed by atoms with Crippen LogP contribution in [0.5, 0.6) is 16.7 Å². The number of benzene rings is 1. The van der Waals surface area contributed by atoms with Crippen LogP contribution in [0.25, 0.3) is 6.08 Å². The van der Waals surface area contributed by atoms with Crippen LogP contribution in [0.3, 0.4) is 0 Å². The second-order valence-electron chi connectivity index (χ2n) is 8.25.